The van der Waals surface area contributed by atoms with Gasteiger partial charge in [-0.2, -0.15) is 13.2 Å². The molecule has 0 atom stereocenters. The third-order valence-corrected chi connectivity index (χ3v) is 2.68. The number of alkyl halides is 3. The summed E-state index contributed by atoms with van der Waals surface area (Å²) in [5.74, 6) is 0. The summed E-state index contributed by atoms with van der Waals surface area (Å²) >= 11 is 0. The number of nitrogens with zero attached hydrogens (tertiary/aromatic N) is 2. The van der Waals surface area contributed by atoms with Crippen LogP contribution in [-0.2, 0) is 6.18 Å². The van der Waals surface area contributed by atoms with E-state index in [0.717, 1.165) is 17.6 Å². The van der Waals surface area contributed by atoms with Crippen LogP contribution in [0.3, 0.4) is 0 Å². The maximum atomic E-state index is 12.5. The van der Waals surface area contributed by atoms with Gasteiger partial charge in [0.15, 0.2) is 0 Å². The predicted molar refractivity (Wildman–Crippen MR) is 57.7 cm³/mol. The lowest BCUT2D eigenvalue weighted by Crippen LogP contribution is -2.05. The Morgan fingerprint density at radius 1 is 1.12 bits per heavy atom. The van der Waals surface area contributed by atoms with Crippen molar-refractivity contribution in [2.45, 2.75) is 6.18 Å². The van der Waals surface area contributed by atoms with Crippen LogP contribution < -0.4 is 0 Å². The fourth-order valence-corrected chi connectivity index (χ4v) is 1.86. The first-order valence-corrected chi connectivity index (χ1v) is 4.99. The van der Waals surface area contributed by atoms with Crippen molar-refractivity contribution in [3.63, 3.8) is 0 Å². The quantitative estimate of drug-likeness (QED) is 0.583. The summed E-state index contributed by atoms with van der Waals surface area (Å²) in [5, 5.41) is 0. The molecule has 0 spiro atoms. The van der Waals surface area contributed by atoms with Crippen molar-refractivity contribution in [3.8, 4) is 0 Å². The van der Waals surface area contributed by atoms with E-state index in [2.05, 4.69) is 4.98 Å². The van der Waals surface area contributed by atoms with E-state index in [4.69, 9.17) is 0 Å². The largest absolute Gasteiger partial charge is 0.416 e. The van der Waals surface area contributed by atoms with Crippen molar-refractivity contribution in [2.24, 2.45) is 0 Å². The highest BCUT2D eigenvalue weighted by Gasteiger charge is 2.30. The van der Waals surface area contributed by atoms with E-state index in [1.165, 1.54) is 6.07 Å². The minimum absolute atomic E-state index is 0.337. The van der Waals surface area contributed by atoms with Crippen molar-refractivity contribution in [1.82, 2.24) is 9.38 Å². The summed E-state index contributed by atoms with van der Waals surface area (Å²) in [6.45, 7) is 0. The molecule has 0 saturated heterocycles. The van der Waals surface area contributed by atoms with Crippen LogP contribution in [0.4, 0.5) is 13.2 Å². The monoisotopic (exact) mass is 236 g/mol. The number of benzene rings is 1. The van der Waals surface area contributed by atoms with Gasteiger partial charge in [0, 0.05) is 6.20 Å². The van der Waals surface area contributed by atoms with E-state index < -0.39 is 11.7 Å². The molecule has 0 aliphatic heterocycles. The third kappa shape index (κ3) is 1.54. The van der Waals surface area contributed by atoms with Crippen molar-refractivity contribution in [3.05, 3.63) is 48.3 Å². The minimum atomic E-state index is -4.33. The molecule has 0 N–H and O–H groups in total. The van der Waals surface area contributed by atoms with Crippen LogP contribution in [-0.4, -0.2) is 9.38 Å². The maximum Gasteiger partial charge on any atom is 0.416 e. The molecule has 2 aromatic heterocycles. The van der Waals surface area contributed by atoms with Crippen LogP contribution in [0.2, 0.25) is 0 Å². The van der Waals surface area contributed by atoms with Crippen LogP contribution in [0.1, 0.15) is 5.56 Å². The Kier molecular flexibility index (Phi) is 1.92. The summed E-state index contributed by atoms with van der Waals surface area (Å²) < 4.78 is 39.4. The van der Waals surface area contributed by atoms with Crippen LogP contribution in [0, 0.1) is 0 Å². The lowest BCUT2D eigenvalue weighted by molar-refractivity contribution is -0.137. The van der Waals surface area contributed by atoms with Gasteiger partial charge >= 0.3 is 6.18 Å². The molecule has 2 heterocycles. The van der Waals surface area contributed by atoms with E-state index in [1.54, 1.807) is 12.4 Å². The third-order valence-electron chi connectivity index (χ3n) is 2.68. The molecule has 0 fully saturated rings. The Morgan fingerprint density at radius 2 is 1.94 bits per heavy atom. The second kappa shape index (κ2) is 3.23. The lowest BCUT2D eigenvalue weighted by Gasteiger charge is -2.08. The zero-order chi connectivity index (χ0) is 12.0. The number of rotatable bonds is 0. The fraction of sp³-hybridized carbons (Fsp3) is 0.0833. The molecular weight excluding hydrogens is 229 g/mol. The first-order chi connectivity index (χ1) is 8.05. The van der Waals surface area contributed by atoms with Crippen LogP contribution in [0.15, 0.2) is 42.7 Å². The normalized spacial score (nSPS) is 12.4. The minimum Gasteiger partial charge on any atom is -0.314 e. The Bertz CT molecular complexity index is 698. The zero-order valence-corrected chi connectivity index (χ0v) is 8.57. The summed E-state index contributed by atoms with van der Waals surface area (Å²) in [7, 11) is 0. The molecule has 5 heteroatoms. The average molecular weight is 236 g/mol. The molecular formula is C12H7F3N2. The van der Waals surface area contributed by atoms with Gasteiger partial charge in [0.25, 0.3) is 0 Å². The zero-order valence-electron chi connectivity index (χ0n) is 8.57. The summed E-state index contributed by atoms with van der Waals surface area (Å²) in [6, 6.07) is 7.26. The van der Waals surface area contributed by atoms with Gasteiger partial charge in [0.1, 0.15) is 0 Å². The van der Waals surface area contributed by atoms with E-state index in [-0.39, 0.29) is 0 Å². The highest BCUT2D eigenvalue weighted by molar-refractivity contribution is 5.79. The fourth-order valence-electron chi connectivity index (χ4n) is 1.86. The van der Waals surface area contributed by atoms with E-state index >= 15 is 0 Å². The number of halogens is 3. The number of fused-ring (bicyclic) bond motifs is 3. The summed E-state index contributed by atoms with van der Waals surface area (Å²) in [5.41, 5.74) is 1.19. The van der Waals surface area contributed by atoms with Gasteiger partial charge in [-0.15, -0.1) is 0 Å². The van der Waals surface area contributed by atoms with E-state index in [1.807, 2.05) is 16.5 Å². The molecule has 1 aromatic carbocycles. The Balaban J connectivity index is 2.34. The lowest BCUT2D eigenvalue weighted by atomic mass is 10.2. The average Bonchev–Trinajstić information content (AvgIpc) is 2.75. The standard InChI is InChI=1S/C12H7F3N2/c13-12(14,15)8-3-4-11-10(6-8)16-7-9-2-1-5-17(9)11/h1-7H. The van der Waals surface area contributed by atoms with Gasteiger partial charge in [-0.05, 0) is 30.3 Å². The molecule has 86 valence electrons. The van der Waals surface area contributed by atoms with Gasteiger partial charge in [0.2, 0.25) is 0 Å². The summed E-state index contributed by atoms with van der Waals surface area (Å²) in [4.78, 5) is 4.03. The summed E-state index contributed by atoms with van der Waals surface area (Å²) in [6.07, 6.45) is -0.976. The topological polar surface area (TPSA) is 17.3 Å². The predicted octanol–water partition coefficient (Wildman–Crippen LogP) is 3.51. The molecule has 0 unspecified atom stereocenters. The number of aromatic nitrogens is 2. The molecule has 0 aliphatic rings. The highest BCUT2D eigenvalue weighted by Crippen LogP contribution is 2.31. The molecule has 0 amide bonds. The number of hydrogen-bond donors (Lipinski definition) is 0. The van der Waals surface area contributed by atoms with Crippen molar-refractivity contribution in [1.29, 1.82) is 0 Å². The Labute approximate surface area is 94.3 Å². The molecule has 0 radical (unpaired) electrons. The maximum absolute atomic E-state index is 12.5. The molecule has 0 bridgehead atoms. The Morgan fingerprint density at radius 3 is 2.71 bits per heavy atom. The number of hydrogen-bond acceptors (Lipinski definition) is 1. The second-order valence-electron chi connectivity index (χ2n) is 3.76. The van der Waals surface area contributed by atoms with Gasteiger partial charge < -0.3 is 4.40 Å². The molecule has 0 aliphatic carbocycles. The molecule has 0 saturated carbocycles. The van der Waals surface area contributed by atoms with Crippen molar-refractivity contribution >= 4 is 16.6 Å². The van der Waals surface area contributed by atoms with Gasteiger partial charge in [0.05, 0.1) is 28.3 Å². The molecule has 17 heavy (non-hydrogen) atoms. The molecule has 3 aromatic rings. The van der Waals surface area contributed by atoms with Crippen LogP contribution >= 0.6 is 0 Å². The van der Waals surface area contributed by atoms with Crippen LogP contribution in [0.25, 0.3) is 16.6 Å². The molecule has 3 rings (SSSR count). The highest BCUT2D eigenvalue weighted by atomic mass is 19.4. The molecule has 2 nitrogen and oxygen atoms in total. The second-order valence-corrected chi connectivity index (χ2v) is 3.76. The van der Waals surface area contributed by atoms with Crippen LogP contribution in [0.5, 0.6) is 0 Å². The van der Waals surface area contributed by atoms with Gasteiger partial charge in [-0.3, -0.25) is 4.98 Å². The van der Waals surface area contributed by atoms with Crippen molar-refractivity contribution < 1.29 is 13.2 Å². The smallest absolute Gasteiger partial charge is 0.314 e. The Hall–Kier alpha value is -2.04. The van der Waals surface area contributed by atoms with Crippen molar-refractivity contribution in [2.75, 3.05) is 0 Å². The first-order valence-electron chi connectivity index (χ1n) is 4.99. The van der Waals surface area contributed by atoms with Gasteiger partial charge in [-0.1, -0.05) is 0 Å². The first kappa shape index (κ1) is 10.1. The SMILES string of the molecule is FC(F)(F)c1ccc2c(c1)ncc1cccn12. The van der Waals surface area contributed by atoms with Gasteiger partial charge in [-0.25, -0.2) is 0 Å². The van der Waals surface area contributed by atoms with E-state index in [0.29, 0.717) is 11.0 Å². The van der Waals surface area contributed by atoms with E-state index in [9.17, 15) is 13.2 Å².